The molecule has 0 aliphatic heterocycles. The molecule has 2 aromatic carbocycles. The number of aromatic nitrogens is 1. The van der Waals surface area contributed by atoms with Crippen molar-refractivity contribution in [1.29, 1.82) is 0 Å². The first-order valence-electron chi connectivity index (χ1n) is 7.62. The molecule has 0 aliphatic carbocycles. The highest BCUT2D eigenvalue weighted by atomic mass is 19.1. The van der Waals surface area contributed by atoms with E-state index in [-0.39, 0.29) is 24.6 Å². The zero-order valence-electron chi connectivity index (χ0n) is 13.2. The van der Waals surface area contributed by atoms with Crippen molar-refractivity contribution < 1.29 is 18.4 Å². The topological polar surface area (TPSA) is 76.4 Å². The Hall–Kier alpha value is -3.35. The molecule has 3 aromatic rings. The molecule has 0 bridgehead atoms. The van der Waals surface area contributed by atoms with E-state index in [0.29, 0.717) is 5.69 Å². The van der Waals surface area contributed by atoms with Crippen molar-refractivity contribution in [2.24, 2.45) is 0 Å². The van der Waals surface area contributed by atoms with Gasteiger partial charge in [0.25, 0.3) is 0 Å². The molecule has 0 fully saturated rings. The van der Waals surface area contributed by atoms with Gasteiger partial charge in [-0.25, -0.2) is 9.18 Å². The predicted octanol–water partition coefficient (Wildman–Crippen LogP) is 3.71. The number of benzene rings is 2. The molecule has 3 rings (SSSR count). The Labute approximate surface area is 143 Å². The minimum Gasteiger partial charge on any atom is -0.487 e. The van der Waals surface area contributed by atoms with E-state index in [0.717, 1.165) is 5.56 Å². The number of hydrogen-bond acceptors (Lipinski definition) is 4. The van der Waals surface area contributed by atoms with Gasteiger partial charge in [-0.3, -0.25) is 0 Å². The molecule has 6 nitrogen and oxygen atoms in total. The Balaban J connectivity index is 1.64. The number of carbonyl (C=O) groups is 1. The van der Waals surface area contributed by atoms with Gasteiger partial charge >= 0.3 is 6.03 Å². The lowest BCUT2D eigenvalue weighted by molar-refractivity contribution is 0.251. The van der Waals surface area contributed by atoms with Crippen molar-refractivity contribution >= 4 is 11.7 Å². The third-order valence-electron chi connectivity index (χ3n) is 3.37. The van der Waals surface area contributed by atoms with E-state index in [1.54, 1.807) is 12.1 Å². The Morgan fingerprint density at radius 2 is 1.96 bits per heavy atom. The molecule has 0 atom stereocenters. The van der Waals surface area contributed by atoms with E-state index in [9.17, 15) is 9.18 Å². The van der Waals surface area contributed by atoms with Gasteiger partial charge in [-0.2, -0.15) is 0 Å². The third-order valence-corrected chi connectivity index (χ3v) is 3.37. The smallest absolute Gasteiger partial charge is 0.319 e. The molecule has 0 unspecified atom stereocenters. The highest BCUT2D eigenvalue weighted by molar-refractivity contribution is 5.91. The van der Waals surface area contributed by atoms with Gasteiger partial charge in [-0.05, 0) is 17.7 Å². The normalized spacial score (nSPS) is 10.3. The van der Waals surface area contributed by atoms with Crippen LogP contribution < -0.4 is 15.4 Å². The molecule has 2 amide bonds. The van der Waals surface area contributed by atoms with Crippen LogP contribution in [0.15, 0.2) is 65.4 Å². The van der Waals surface area contributed by atoms with Crippen LogP contribution in [0.1, 0.15) is 11.3 Å². The molecule has 128 valence electrons. The fourth-order valence-electron chi connectivity index (χ4n) is 2.14. The second-order valence-corrected chi connectivity index (χ2v) is 5.19. The Bertz CT molecular complexity index is 823. The average Bonchev–Trinajstić information content (AvgIpc) is 3.15. The number of urea groups is 1. The molecule has 2 N–H and O–H groups in total. The van der Waals surface area contributed by atoms with Gasteiger partial charge in [-0.1, -0.05) is 41.6 Å². The Morgan fingerprint density at radius 3 is 2.72 bits per heavy atom. The van der Waals surface area contributed by atoms with Crippen molar-refractivity contribution in [1.82, 2.24) is 10.5 Å². The summed E-state index contributed by atoms with van der Waals surface area (Å²) in [7, 11) is 0. The standard InChI is InChI=1S/C18H16FN3O3/c19-15-7-4-8-16(24-12-13-5-2-1-3-6-13)17(15)21-18(23)20-11-14-9-10-25-22-14/h1-10H,11-12H2,(H2,20,21,23). The number of amides is 2. The molecule has 0 spiro atoms. The summed E-state index contributed by atoms with van der Waals surface area (Å²) < 4.78 is 24.4. The van der Waals surface area contributed by atoms with Crippen LogP contribution >= 0.6 is 0 Å². The molecular weight excluding hydrogens is 325 g/mol. The average molecular weight is 341 g/mol. The number of halogens is 1. The fourth-order valence-corrected chi connectivity index (χ4v) is 2.14. The molecule has 1 heterocycles. The largest absolute Gasteiger partial charge is 0.487 e. The SMILES string of the molecule is O=C(NCc1ccon1)Nc1c(F)cccc1OCc1ccccc1. The summed E-state index contributed by atoms with van der Waals surface area (Å²) in [6.07, 6.45) is 1.40. The molecule has 7 heteroatoms. The number of hydrogen-bond donors (Lipinski definition) is 2. The van der Waals surface area contributed by atoms with Crippen LogP contribution in [0.5, 0.6) is 5.75 Å². The van der Waals surface area contributed by atoms with Crippen molar-refractivity contribution in [2.45, 2.75) is 13.2 Å². The van der Waals surface area contributed by atoms with Crippen LogP contribution in [-0.4, -0.2) is 11.2 Å². The van der Waals surface area contributed by atoms with Gasteiger partial charge in [0.05, 0.1) is 6.54 Å². The van der Waals surface area contributed by atoms with Crippen LogP contribution in [0.3, 0.4) is 0 Å². The molecule has 1 aromatic heterocycles. The van der Waals surface area contributed by atoms with Crippen molar-refractivity contribution in [3.8, 4) is 5.75 Å². The maximum absolute atomic E-state index is 14.1. The highest BCUT2D eigenvalue weighted by Crippen LogP contribution is 2.28. The van der Waals surface area contributed by atoms with Crippen LogP contribution in [-0.2, 0) is 13.2 Å². The number of para-hydroxylation sites is 1. The van der Waals surface area contributed by atoms with Crippen molar-refractivity contribution in [3.63, 3.8) is 0 Å². The van der Waals surface area contributed by atoms with E-state index in [2.05, 4.69) is 20.3 Å². The molecule has 0 saturated heterocycles. The number of nitrogens with zero attached hydrogens (tertiary/aromatic N) is 1. The maximum Gasteiger partial charge on any atom is 0.319 e. The fraction of sp³-hybridized carbons (Fsp3) is 0.111. The van der Waals surface area contributed by atoms with Crippen molar-refractivity contribution in [2.75, 3.05) is 5.32 Å². The first-order valence-corrected chi connectivity index (χ1v) is 7.62. The summed E-state index contributed by atoms with van der Waals surface area (Å²) >= 11 is 0. The second kappa shape index (κ2) is 7.96. The molecular formula is C18H16FN3O3. The quantitative estimate of drug-likeness (QED) is 0.716. The first-order chi connectivity index (χ1) is 12.2. The van der Waals surface area contributed by atoms with Gasteiger partial charge < -0.3 is 19.9 Å². The van der Waals surface area contributed by atoms with Crippen LogP contribution in [0.2, 0.25) is 0 Å². The van der Waals surface area contributed by atoms with Gasteiger partial charge in [0.15, 0.2) is 5.82 Å². The predicted molar refractivity (Wildman–Crippen MR) is 89.5 cm³/mol. The van der Waals surface area contributed by atoms with E-state index in [4.69, 9.17) is 4.74 Å². The molecule has 25 heavy (non-hydrogen) atoms. The summed E-state index contributed by atoms with van der Waals surface area (Å²) in [5, 5.41) is 8.71. The summed E-state index contributed by atoms with van der Waals surface area (Å²) in [5.41, 5.74) is 1.48. The Kier molecular flexibility index (Phi) is 5.26. The minimum atomic E-state index is -0.581. The van der Waals surface area contributed by atoms with Crippen LogP contribution in [0.4, 0.5) is 14.9 Å². The van der Waals surface area contributed by atoms with E-state index in [1.165, 1.54) is 18.4 Å². The number of nitrogens with one attached hydrogen (secondary N) is 2. The molecule has 0 saturated carbocycles. The van der Waals surface area contributed by atoms with E-state index >= 15 is 0 Å². The maximum atomic E-state index is 14.1. The lowest BCUT2D eigenvalue weighted by Gasteiger charge is -2.13. The zero-order valence-corrected chi connectivity index (χ0v) is 13.2. The van der Waals surface area contributed by atoms with E-state index in [1.807, 2.05) is 30.3 Å². The zero-order chi connectivity index (χ0) is 17.5. The molecule has 0 aliphatic rings. The Morgan fingerprint density at radius 1 is 1.12 bits per heavy atom. The highest BCUT2D eigenvalue weighted by Gasteiger charge is 2.13. The summed E-state index contributed by atoms with van der Waals surface area (Å²) in [5.74, 6) is -0.331. The monoisotopic (exact) mass is 341 g/mol. The summed E-state index contributed by atoms with van der Waals surface area (Å²) in [6, 6.07) is 14.9. The van der Waals surface area contributed by atoms with Gasteiger partial charge in [0, 0.05) is 6.07 Å². The number of rotatable bonds is 6. The lowest BCUT2D eigenvalue weighted by atomic mass is 10.2. The minimum absolute atomic E-state index is 0.0175. The van der Waals surface area contributed by atoms with Crippen LogP contribution in [0, 0.1) is 5.82 Å². The van der Waals surface area contributed by atoms with Crippen molar-refractivity contribution in [3.05, 3.63) is 77.9 Å². The number of ether oxygens (including phenoxy) is 1. The van der Waals surface area contributed by atoms with Gasteiger partial charge in [0.1, 0.15) is 30.0 Å². The second-order valence-electron chi connectivity index (χ2n) is 5.19. The van der Waals surface area contributed by atoms with E-state index < -0.39 is 11.8 Å². The summed E-state index contributed by atoms with van der Waals surface area (Å²) in [4.78, 5) is 12.0. The lowest BCUT2D eigenvalue weighted by Crippen LogP contribution is -2.29. The summed E-state index contributed by atoms with van der Waals surface area (Å²) in [6.45, 7) is 0.427. The third kappa shape index (κ3) is 4.57. The van der Waals surface area contributed by atoms with Gasteiger partial charge in [0.2, 0.25) is 0 Å². The number of anilines is 1. The number of carbonyl (C=O) groups excluding carboxylic acids is 1. The first kappa shape index (κ1) is 16.5. The van der Waals surface area contributed by atoms with Crippen LogP contribution in [0.25, 0.3) is 0 Å². The molecule has 0 radical (unpaired) electrons. The van der Waals surface area contributed by atoms with Gasteiger partial charge in [-0.15, -0.1) is 0 Å².